The lowest BCUT2D eigenvalue weighted by molar-refractivity contribution is -0.118. The number of benzene rings is 3. The first-order valence-electron chi connectivity index (χ1n) is 9.96. The highest BCUT2D eigenvalue weighted by Gasteiger charge is 2.14. The van der Waals surface area contributed by atoms with Crippen molar-refractivity contribution >= 4 is 46.1 Å². The molecule has 2 N–H and O–H groups in total. The minimum absolute atomic E-state index is 0.126. The van der Waals surface area contributed by atoms with Crippen LogP contribution in [0.2, 0.25) is 5.02 Å². The molecule has 0 bridgehead atoms. The van der Waals surface area contributed by atoms with Gasteiger partial charge in [-0.3, -0.25) is 9.59 Å². The Morgan fingerprint density at radius 2 is 1.52 bits per heavy atom. The molecule has 9 heteroatoms. The molecule has 7 nitrogen and oxygen atoms in total. The average Bonchev–Trinajstić information content (AvgIpc) is 3.31. The summed E-state index contributed by atoms with van der Waals surface area (Å²) in [6, 6.07) is 21.4. The van der Waals surface area contributed by atoms with Crippen LogP contribution in [0.15, 0.2) is 72.8 Å². The third-order valence-electron chi connectivity index (χ3n) is 4.53. The normalized spacial score (nSPS) is 10.5. The van der Waals surface area contributed by atoms with Gasteiger partial charge >= 0.3 is 0 Å². The molecular weight excluding hydrogens is 460 g/mol. The van der Waals surface area contributed by atoms with E-state index in [1.54, 1.807) is 48.5 Å². The number of halogens is 1. The average molecular weight is 479 g/mol. The van der Waals surface area contributed by atoms with E-state index >= 15 is 0 Å². The lowest BCUT2D eigenvalue weighted by atomic mass is 10.2. The number of hydrogen-bond donors (Lipinski definition) is 2. The molecule has 0 saturated heterocycles. The lowest BCUT2D eigenvalue weighted by Gasteiger charge is -2.08. The first-order valence-corrected chi connectivity index (χ1v) is 11.2. The maximum absolute atomic E-state index is 12.4. The van der Waals surface area contributed by atoms with Crippen LogP contribution in [-0.2, 0) is 4.79 Å². The molecule has 1 heterocycles. The highest BCUT2D eigenvalue weighted by atomic mass is 35.5. The summed E-state index contributed by atoms with van der Waals surface area (Å²) in [5, 5.41) is 15.2. The predicted octanol–water partition coefficient (Wildman–Crippen LogP) is 5.44. The molecule has 4 aromatic rings. The first-order chi connectivity index (χ1) is 16.0. The van der Waals surface area contributed by atoms with E-state index in [1.807, 2.05) is 31.2 Å². The van der Waals surface area contributed by atoms with Gasteiger partial charge in [0.1, 0.15) is 10.8 Å². The van der Waals surface area contributed by atoms with E-state index < -0.39 is 0 Å². The Hall–Kier alpha value is -3.75. The number of amides is 2. The van der Waals surface area contributed by atoms with E-state index in [4.69, 9.17) is 16.3 Å². The van der Waals surface area contributed by atoms with Gasteiger partial charge in [-0.25, -0.2) is 0 Å². The Kier molecular flexibility index (Phi) is 6.97. The number of ether oxygens (including phenoxy) is 1. The van der Waals surface area contributed by atoms with Crippen LogP contribution in [0.3, 0.4) is 0 Å². The molecule has 33 heavy (non-hydrogen) atoms. The number of rotatable bonds is 7. The summed E-state index contributed by atoms with van der Waals surface area (Å²) in [4.78, 5) is 24.6. The van der Waals surface area contributed by atoms with Crippen molar-refractivity contribution in [2.45, 2.75) is 6.92 Å². The van der Waals surface area contributed by atoms with Crippen LogP contribution in [0, 0.1) is 6.92 Å². The van der Waals surface area contributed by atoms with Crippen LogP contribution in [0.5, 0.6) is 5.75 Å². The second-order valence-electron chi connectivity index (χ2n) is 7.10. The second-order valence-corrected chi connectivity index (χ2v) is 8.51. The minimum Gasteiger partial charge on any atom is -0.484 e. The zero-order chi connectivity index (χ0) is 23.2. The number of aryl methyl sites for hydroxylation is 1. The Morgan fingerprint density at radius 1 is 0.879 bits per heavy atom. The van der Waals surface area contributed by atoms with Gasteiger partial charge in [0.2, 0.25) is 5.01 Å². The van der Waals surface area contributed by atoms with Gasteiger partial charge in [0, 0.05) is 22.0 Å². The third kappa shape index (κ3) is 6.15. The summed E-state index contributed by atoms with van der Waals surface area (Å²) in [5.74, 6) is -0.0424. The fourth-order valence-electron chi connectivity index (χ4n) is 2.83. The monoisotopic (exact) mass is 478 g/mol. The molecule has 3 aromatic carbocycles. The molecule has 0 aliphatic heterocycles. The molecule has 2 amide bonds. The van der Waals surface area contributed by atoms with Gasteiger partial charge in [-0.05, 0) is 67.6 Å². The van der Waals surface area contributed by atoms with Crippen molar-refractivity contribution in [2.75, 3.05) is 17.2 Å². The lowest BCUT2D eigenvalue weighted by Crippen LogP contribution is -2.20. The largest absolute Gasteiger partial charge is 0.484 e. The Labute approximate surface area is 199 Å². The molecule has 0 saturated carbocycles. The molecule has 0 aliphatic carbocycles. The maximum atomic E-state index is 12.4. The summed E-state index contributed by atoms with van der Waals surface area (Å²) in [7, 11) is 0. The highest BCUT2D eigenvalue weighted by molar-refractivity contribution is 7.16. The Bertz CT molecular complexity index is 1260. The summed E-state index contributed by atoms with van der Waals surface area (Å²) in [5.41, 5.74) is 3.21. The molecule has 166 valence electrons. The minimum atomic E-state index is -0.313. The Morgan fingerprint density at radius 3 is 2.21 bits per heavy atom. The van der Waals surface area contributed by atoms with Crippen LogP contribution in [0.4, 0.5) is 11.4 Å². The molecule has 0 radical (unpaired) electrons. The van der Waals surface area contributed by atoms with Crippen molar-refractivity contribution in [3.63, 3.8) is 0 Å². The number of aromatic nitrogens is 2. The van der Waals surface area contributed by atoms with Crippen molar-refractivity contribution in [1.82, 2.24) is 10.2 Å². The van der Waals surface area contributed by atoms with Crippen LogP contribution in [0.1, 0.15) is 15.4 Å². The molecule has 0 fully saturated rings. The van der Waals surface area contributed by atoms with E-state index in [9.17, 15) is 9.59 Å². The van der Waals surface area contributed by atoms with Crippen molar-refractivity contribution < 1.29 is 14.3 Å². The van der Waals surface area contributed by atoms with E-state index in [1.165, 1.54) is 11.3 Å². The van der Waals surface area contributed by atoms with Gasteiger partial charge in [-0.15, -0.1) is 10.2 Å². The van der Waals surface area contributed by atoms with Gasteiger partial charge in [0.15, 0.2) is 6.61 Å². The molecule has 0 aliphatic rings. The summed E-state index contributed by atoms with van der Waals surface area (Å²) in [6.07, 6.45) is 0. The van der Waals surface area contributed by atoms with E-state index in [-0.39, 0.29) is 23.4 Å². The number of nitrogens with one attached hydrogen (secondary N) is 2. The van der Waals surface area contributed by atoms with Gasteiger partial charge in [0.25, 0.3) is 11.8 Å². The van der Waals surface area contributed by atoms with E-state index in [0.717, 1.165) is 11.1 Å². The van der Waals surface area contributed by atoms with Crippen molar-refractivity contribution in [1.29, 1.82) is 0 Å². The number of carbonyl (C=O) groups is 2. The van der Waals surface area contributed by atoms with Gasteiger partial charge in [0.05, 0.1) is 0 Å². The van der Waals surface area contributed by atoms with Crippen LogP contribution >= 0.6 is 22.9 Å². The standard InChI is InChI=1S/C24H19ClN4O3S/c1-15-2-8-19(9-3-15)27-22(31)24-29-28-23(33-24)16-4-10-18(11-5-16)26-21(30)14-32-20-12-6-17(25)7-13-20/h2-13H,14H2,1H3,(H,26,30)(H,27,31). The number of carbonyl (C=O) groups excluding carboxylic acids is 2. The molecule has 0 atom stereocenters. The number of nitrogens with zero attached hydrogens (tertiary/aromatic N) is 2. The first kappa shape index (κ1) is 22.4. The second kappa shape index (κ2) is 10.2. The molecule has 0 unspecified atom stereocenters. The highest BCUT2D eigenvalue weighted by Crippen LogP contribution is 2.25. The van der Waals surface area contributed by atoms with Crippen LogP contribution in [-0.4, -0.2) is 28.6 Å². The van der Waals surface area contributed by atoms with Gasteiger partial charge in [-0.2, -0.15) is 0 Å². The smallest absolute Gasteiger partial charge is 0.286 e. The number of hydrogen-bond acceptors (Lipinski definition) is 6. The summed E-state index contributed by atoms with van der Waals surface area (Å²) < 4.78 is 5.44. The zero-order valence-corrected chi connectivity index (χ0v) is 19.1. The topological polar surface area (TPSA) is 93.2 Å². The fourth-order valence-corrected chi connectivity index (χ4v) is 3.70. The zero-order valence-electron chi connectivity index (χ0n) is 17.5. The quantitative estimate of drug-likeness (QED) is 0.369. The number of anilines is 2. The van der Waals surface area contributed by atoms with Gasteiger partial charge in [-0.1, -0.05) is 40.6 Å². The van der Waals surface area contributed by atoms with Crippen LogP contribution < -0.4 is 15.4 Å². The van der Waals surface area contributed by atoms with E-state index in [2.05, 4.69) is 20.8 Å². The maximum Gasteiger partial charge on any atom is 0.286 e. The molecule has 1 aromatic heterocycles. The molecule has 0 spiro atoms. The third-order valence-corrected chi connectivity index (χ3v) is 5.75. The fraction of sp³-hybridized carbons (Fsp3) is 0.0833. The summed E-state index contributed by atoms with van der Waals surface area (Å²) in [6.45, 7) is 1.85. The Balaban J connectivity index is 1.32. The van der Waals surface area contributed by atoms with Gasteiger partial charge < -0.3 is 15.4 Å². The predicted molar refractivity (Wildman–Crippen MR) is 130 cm³/mol. The summed E-state index contributed by atoms with van der Waals surface area (Å²) >= 11 is 7.02. The molecular formula is C24H19ClN4O3S. The van der Waals surface area contributed by atoms with Crippen molar-refractivity contribution in [3.8, 4) is 16.3 Å². The molecule has 4 rings (SSSR count). The van der Waals surface area contributed by atoms with Crippen molar-refractivity contribution in [2.24, 2.45) is 0 Å². The van der Waals surface area contributed by atoms with Crippen molar-refractivity contribution in [3.05, 3.63) is 88.4 Å². The SMILES string of the molecule is Cc1ccc(NC(=O)c2nnc(-c3ccc(NC(=O)COc4ccc(Cl)cc4)cc3)s2)cc1. The van der Waals surface area contributed by atoms with Crippen LogP contribution in [0.25, 0.3) is 10.6 Å². The van der Waals surface area contributed by atoms with E-state index in [0.29, 0.717) is 27.2 Å².